The van der Waals surface area contributed by atoms with Gasteiger partial charge in [0.05, 0.1) is 13.2 Å². The minimum atomic E-state index is -3.96. The highest BCUT2D eigenvalue weighted by atomic mass is 19.4. The van der Waals surface area contributed by atoms with E-state index in [2.05, 4.69) is 6.92 Å². The summed E-state index contributed by atoms with van der Waals surface area (Å²) in [5.41, 5.74) is 4.79. The Labute approximate surface area is 230 Å². The molecule has 0 radical (unpaired) electrons. The average molecular weight is 550 g/mol. The molecule has 2 amide bonds. The highest BCUT2D eigenvalue weighted by molar-refractivity contribution is 6.12. The molecule has 2 heterocycles. The number of carbonyl (C=O) groups is 2. The maximum absolute atomic E-state index is 13.5. The summed E-state index contributed by atoms with van der Waals surface area (Å²) < 4.78 is 39.6. The SMILES string of the molecule is CC(C)CCCC(F)(F)F.CCOC(=O)N1CC2(C1)C(=O)N(CC(C)=NC1=C(C)CCCC1)c1ccccc12. The highest BCUT2D eigenvalue weighted by Gasteiger charge is 2.59. The van der Waals surface area contributed by atoms with Crippen LogP contribution >= 0.6 is 0 Å². The number of carbonyl (C=O) groups excluding carboxylic acids is 2. The fourth-order valence-corrected chi connectivity index (χ4v) is 5.41. The Morgan fingerprint density at radius 3 is 2.44 bits per heavy atom. The van der Waals surface area contributed by atoms with E-state index in [0.717, 1.165) is 29.8 Å². The number of fused-ring (bicyclic) bond motifs is 2. The first kappa shape index (κ1) is 30.7. The standard InChI is InChI=1S/C23H29N3O3.C7H13F3/c1-4-29-22(28)25-14-23(15-25)18-10-6-8-12-20(18)26(21(23)27)13-17(3)24-19-11-7-5-9-16(19)2;1-6(2)4-3-5-7(8,9)10/h6,8,10,12H,4-5,7,9,11,13-15H2,1-3H3;6H,3-5H2,1-2H3. The van der Waals surface area contributed by atoms with Crippen LogP contribution in [-0.2, 0) is 14.9 Å². The fraction of sp³-hybridized carbons (Fsp3) is 0.633. The number of amides is 2. The zero-order chi connectivity index (χ0) is 28.8. The predicted octanol–water partition coefficient (Wildman–Crippen LogP) is 7.43. The summed E-state index contributed by atoms with van der Waals surface area (Å²) in [6.07, 6.45) is 0.541. The molecule has 1 saturated heterocycles. The van der Waals surface area contributed by atoms with Crippen molar-refractivity contribution in [3.05, 3.63) is 41.1 Å². The molecule has 1 aromatic carbocycles. The highest BCUT2D eigenvalue weighted by Crippen LogP contribution is 2.47. The van der Waals surface area contributed by atoms with Crippen LogP contribution in [0.25, 0.3) is 0 Å². The summed E-state index contributed by atoms with van der Waals surface area (Å²) in [6, 6.07) is 7.92. The molecular formula is C30H42F3N3O3. The van der Waals surface area contributed by atoms with Gasteiger partial charge in [0.2, 0.25) is 5.91 Å². The Morgan fingerprint density at radius 1 is 1.15 bits per heavy atom. The molecule has 39 heavy (non-hydrogen) atoms. The van der Waals surface area contributed by atoms with Crippen LogP contribution < -0.4 is 4.90 Å². The van der Waals surface area contributed by atoms with Gasteiger partial charge in [-0.2, -0.15) is 13.2 Å². The Kier molecular flexibility index (Phi) is 10.2. The van der Waals surface area contributed by atoms with Gasteiger partial charge >= 0.3 is 12.3 Å². The molecule has 1 aliphatic carbocycles. The molecule has 0 N–H and O–H groups in total. The second-order valence-electron chi connectivity index (χ2n) is 11.2. The lowest BCUT2D eigenvalue weighted by molar-refractivity contribution is -0.136. The minimum absolute atomic E-state index is 0.0585. The van der Waals surface area contributed by atoms with Crippen LogP contribution in [0.5, 0.6) is 0 Å². The molecule has 0 unspecified atom stereocenters. The topological polar surface area (TPSA) is 62.2 Å². The Morgan fingerprint density at radius 2 is 1.82 bits per heavy atom. The number of hydrogen-bond acceptors (Lipinski definition) is 4. The van der Waals surface area contributed by atoms with Crippen molar-refractivity contribution in [3.8, 4) is 0 Å². The molecular weight excluding hydrogens is 507 g/mol. The number of ether oxygens (including phenoxy) is 1. The van der Waals surface area contributed by atoms with Crippen molar-refractivity contribution in [1.82, 2.24) is 4.90 Å². The van der Waals surface area contributed by atoms with E-state index in [-0.39, 0.29) is 18.4 Å². The molecule has 0 atom stereocenters. The summed E-state index contributed by atoms with van der Waals surface area (Å²) in [5.74, 6) is 0.436. The molecule has 216 valence electrons. The summed E-state index contributed by atoms with van der Waals surface area (Å²) >= 11 is 0. The average Bonchev–Trinajstić information content (AvgIpc) is 3.07. The van der Waals surface area contributed by atoms with Crippen molar-refractivity contribution >= 4 is 23.4 Å². The van der Waals surface area contributed by atoms with E-state index in [1.807, 2.05) is 49.9 Å². The van der Waals surface area contributed by atoms with Gasteiger partial charge in [0.1, 0.15) is 5.41 Å². The maximum atomic E-state index is 13.5. The molecule has 3 aliphatic rings. The number of nitrogens with zero attached hydrogens (tertiary/aromatic N) is 3. The molecule has 0 bridgehead atoms. The summed E-state index contributed by atoms with van der Waals surface area (Å²) in [6.45, 7) is 11.4. The number of halogens is 3. The molecule has 6 nitrogen and oxygen atoms in total. The second-order valence-corrected chi connectivity index (χ2v) is 11.2. The van der Waals surface area contributed by atoms with E-state index in [4.69, 9.17) is 9.73 Å². The molecule has 0 saturated carbocycles. The zero-order valence-electron chi connectivity index (χ0n) is 23.9. The third-order valence-corrected chi connectivity index (χ3v) is 7.47. The fourth-order valence-electron chi connectivity index (χ4n) is 5.41. The van der Waals surface area contributed by atoms with Crippen LogP contribution in [0.3, 0.4) is 0 Å². The molecule has 1 spiro atoms. The van der Waals surface area contributed by atoms with Gasteiger partial charge in [-0.25, -0.2) is 4.79 Å². The quantitative estimate of drug-likeness (QED) is 0.332. The Balaban J connectivity index is 0.000000360. The first-order valence-electron chi connectivity index (χ1n) is 14.0. The van der Waals surface area contributed by atoms with E-state index in [9.17, 15) is 22.8 Å². The lowest BCUT2D eigenvalue weighted by Crippen LogP contribution is -2.65. The number of alkyl halides is 3. The Hall–Kier alpha value is -2.84. The first-order chi connectivity index (χ1) is 18.4. The molecule has 0 aromatic heterocycles. The summed E-state index contributed by atoms with van der Waals surface area (Å²) in [5, 5.41) is 0. The van der Waals surface area contributed by atoms with E-state index < -0.39 is 18.0 Å². The summed E-state index contributed by atoms with van der Waals surface area (Å²) in [4.78, 5) is 33.8. The minimum Gasteiger partial charge on any atom is -0.450 e. The molecule has 1 fully saturated rings. The van der Waals surface area contributed by atoms with Crippen LogP contribution in [0.15, 0.2) is 40.5 Å². The normalized spacial score (nSPS) is 18.7. The summed E-state index contributed by atoms with van der Waals surface area (Å²) in [7, 11) is 0. The van der Waals surface area contributed by atoms with Gasteiger partial charge in [0.25, 0.3) is 0 Å². The van der Waals surface area contributed by atoms with E-state index in [1.165, 1.54) is 24.1 Å². The van der Waals surface area contributed by atoms with Gasteiger partial charge in [-0.3, -0.25) is 9.79 Å². The first-order valence-corrected chi connectivity index (χ1v) is 14.0. The van der Waals surface area contributed by atoms with Crippen molar-refractivity contribution in [3.63, 3.8) is 0 Å². The third kappa shape index (κ3) is 7.63. The number of rotatable bonds is 7. The monoisotopic (exact) mass is 549 g/mol. The van der Waals surface area contributed by atoms with Crippen molar-refractivity contribution in [1.29, 1.82) is 0 Å². The largest absolute Gasteiger partial charge is 0.450 e. The van der Waals surface area contributed by atoms with Crippen molar-refractivity contribution in [2.45, 2.75) is 91.2 Å². The zero-order valence-corrected chi connectivity index (χ0v) is 23.9. The lowest BCUT2D eigenvalue weighted by atomic mass is 9.75. The number of aliphatic imine (C=N–C) groups is 1. The predicted molar refractivity (Wildman–Crippen MR) is 148 cm³/mol. The van der Waals surface area contributed by atoms with Gasteiger partial charge in [-0.15, -0.1) is 0 Å². The number of allylic oxidation sites excluding steroid dienone is 2. The van der Waals surface area contributed by atoms with E-state index >= 15 is 0 Å². The second kappa shape index (κ2) is 13.0. The maximum Gasteiger partial charge on any atom is 0.409 e. The van der Waals surface area contributed by atoms with Crippen LogP contribution in [-0.4, -0.2) is 55.0 Å². The number of para-hydroxylation sites is 1. The van der Waals surface area contributed by atoms with Crippen molar-refractivity contribution < 1.29 is 27.5 Å². The number of benzene rings is 1. The lowest BCUT2D eigenvalue weighted by Gasteiger charge is -2.45. The van der Waals surface area contributed by atoms with Gasteiger partial charge < -0.3 is 14.5 Å². The van der Waals surface area contributed by atoms with Gasteiger partial charge in [0, 0.05) is 36.6 Å². The number of hydrogen-bond donors (Lipinski definition) is 0. The van der Waals surface area contributed by atoms with Crippen LogP contribution in [0.2, 0.25) is 0 Å². The van der Waals surface area contributed by atoms with Gasteiger partial charge in [0.15, 0.2) is 0 Å². The molecule has 4 rings (SSSR count). The smallest absolute Gasteiger partial charge is 0.409 e. The van der Waals surface area contributed by atoms with E-state index in [1.54, 1.807) is 11.8 Å². The van der Waals surface area contributed by atoms with Crippen molar-refractivity contribution in [2.24, 2.45) is 10.9 Å². The third-order valence-electron chi connectivity index (χ3n) is 7.47. The number of likely N-dealkylation sites (tertiary alicyclic amines) is 1. The van der Waals surface area contributed by atoms with Crippen LogP contribution in [0.1, 0.15) is 85.1 Å². The van der Waals surface area contributed by atoms with Crippen LogP contribution in [0, 0.1) is 5.92 Å². The molecule has 9 heteroatoms. The number of anilines is 1. The Bertz CT molecular complexity index is 1090. The molecule has 1 aromatic rings. The molecule has 2 aliphatic heterocycles. The van der Waals surface area contributed by atoms with Gasteiger partial charge in [-0.1, -0.05) is 44.0 Å². The van der Waals surface area contributed by atoms with Gasteiger partial charge in [-0.05, 0) is 70.4 Å². The van der Waals surface area contributed by atoms with Crippen LogP contribution in [0.4, 0.5) is 23.7 Å². The van der Waals surface area contributed by atoms with E-state index in [0.29, 0.717) is 38.6 Å². The van der Waals surface area contributed by atoms with Crippen molar-refractivity contribution in [2.75, 3.05) is 31.1 Å².